The quantitative estimate of drug-likeness (QED) is 0.619. The van der Waals surface area contributed by atoms with Crippen LogP contribution in [0.1, 0.15) is 32.2 Å². The zero-order valence-corrected chi connectivity index (χ0v) is 18.3. The molecule has 2 heterocycles. The van der Waals surface area contributed by atoms with E-state index in [-0.39, 0.29) is 11.9 Å². The SMILES string of the molecule is COCc1nc(C(=O)N2CCc3c(cccc3NC(=O)Nc3ccc(C)cc3)C2)cs1. The molecule has 3 amide bonds. The van der Waals surface area contributed by atoms with Gasteiger partial charge in [0.25, 0.3) is 5.91 Å². The predicted molar refractivity (Wildman–Crippen MR) is 122 cm³/mol. The highest BCUT2D eigenvalue weighted by molar-refractivity contribution is 7.09. The number of amides is 3. The molecule has 0 atom stereocenters. The van der Waals surface area contributed by atoms with Crippen molar-refractivity contribution >= 4 is 34.6 Å². The number of carbonyl (C=O) groups is 2. The van der Waals surface area contributed by atoms with Gasteiger partial charge in [-0.05, 0) is 42.7 Å². The maximum atomic E-state index is 12.9. The molecule has 2 aromatic carbocycles. The van der Waals surface area contributed by atoms with Crippen molar-refractivity contribution in [1.82, 2.24) is 9.88 Å². The second-order valence-electron chi connectivity index (χ2n) is 7.42. The van der Waals surface area contributed by atoms with Gasteiger partial charge >= 0.3 is 6.03 Å². The Balaban J connectivity index is 1.43. The fourth-order valence-corrected chi connectivity index (χ4v) is 4.32. The third kappa shape index (κ3) is 4.92. The molecule has 1 aliphatic heterocycles. The van der Waals surface area contributed by atoms with Crippen LogP contribution in [0.5, 0.6) is 0 Å². The number of carbonyl (C=O) groups excluding carboxylic acids is 2. The summed E-state index contributed by atoms with van der Waals surface area (Å²) in [6, 6.07) is 13.1. The first kappa shape index (κ1) is 21.0. The van der Waals surface area contributed by atoms with Crippen LogP contribution in [0.3, 0.4) is 0 Å². The molecule has 0 saturated carbocycles. The number of ether oxygens (including phenoxy) is 1. The first-order valence-corrected chi connectivity index (χ1v) is 10.9. The Hall–Kier alpha value is -3.23. The molecule has 0 aliphatic carbocycles. The molecule has 31 heavy (non-hydrogen) atoms. The van der Waals surface area contributed by atoms with Gasteiger partial charge in [-0.25, -0.2) is 9.78 Å². The van der Waals surface area contributed by atoms with Gasteiger partial charge in [0.05, 0.1) is 6.61 Å². The second kappa shape index (κ2) is 9.28. The average molecular weight is 437 g/mol. The van der Waals surface area contributed by atoms with Crippen LogP contribution in [-0.2, 0) is 24.3 Å². The van der Waals surface area contributed by atoms with E-state index < -0.39 is 0 Å². The highest BCUT2D eigenvalue weighted by atomic mass is 32.1. The van der Waals surface area contributed by atoms with Gasteiger partial charge < -0.3 is 20.3 Å². The van der Waals surface area contributed by atoms with Gasteiger partial charge in [-0.15, -0.1) is 11.3 Å². The van der Waals surface area contributed by atoms with Crippen LogP contribution in [-0.4, -0.2) is 35.5 Å². The lowest BCUT2D eigenvalue weighted by Crippen LogP contribution is -2.36. The molecule has 1 aromatic heterocycles. The Morgan fingerprint density at radius 1 is 1.16 bits per heavy atom. The second-order valence-corrected chi connectivity index (χ2v) is 8.37. The number of urea groups is 1. The van der Waals surface area contributed by atoms with E-state index in [1.807, 2.05) is 49.4 Å². The van der Waals surface area contributed by atoms with Gasteiger partial charge in [0.2, 0.25) is 0 Å². The molecule has 2 N–H and O–H groups in total. The minimum Gasteiger partial charge on any atom is -0.378 e. The van der Waals surface area contributed by atoms with E-state index in [4.69, 9.17) is 4.74 Å². The van der Waals surface area contributed by atoms with Crippen LogP contribution < -0.4 is 10.6 Å². The summed E-state index contributed by atoms with van der Waals surface area (Å²) in [5.41, 5.74) is 5.18. The van der Waals surface area contributed by atoms with E-state index >= 15 is 0 Å². The van der Waals surface area contributed by atoms with Crippen molar-refractivity contribution < 1.29 is 14.3 Å². The fraction of sp³-hybridized carbons (Fsp3) is 0.261. The van der Waals surface area contributed by atoms with Crippen LogP contribution in [0, 0.1) is 6.92 Å². The molecular weight excluding hydrogens is 412 g/mol. The van der Waals surface area contributed by atoms with Crippen molar-refractivity contribution in [2.75, 3.05) is 24.3 Å². The molecule has 3 aromatic rings. The third-order valence-corrected chi connectivity index (χ3v) is 5.97. The van der Waals surface area contributed by atoms with E-state index in [0.29, 0.717) is 31.8 Å². The first-order valence-electron chi connectivity index (χ1n) is 10.0. The lowest BCUT2D eigenvalue weighted by Gasteiger charge is -2.29. The van der Waals surface area contributed by atoms with Crippen molar-refractivity contribution in [3.05, 3.63) is 75.2 Å². The third-order valence-electron chi connectivity index (χ3n) is 5.15. The summed E-state index contributed by atoms with van der Waals surface area (Å²) in [7, 11) is 1.61. The van der Waals surface area contributed by atoms with Crippen molar-refractivity contribution in [2.24, 2.45) is 0 Å². The number of nitrogens with one attached hydrogen (secondary N) is 2. The number of aromatic nitrogens is 1. The Kier molecular flexibility index (Phi) is 6.29. The van der Waals surface area contributed by atoms with Crippen LogP contribution in [0.2, 0.25) is 0 Å². The Morgan fingerprint density at radius 3 is 2.74 bits per heavy atom. The number of benzene rings is 2. The smallest absolute Gasteiger partial charge is 0.323 e. The molecule has 0 radical (unpaired) electrons. The predicted octanol–water partition coefficient (Wildman–Crippen LogP) is 4.44. The summed E-state index contributed by atoms with van der Waals surface area (Å²) < 4.78 is 5.08. The topological polar surface area (TPSA) is 83.6 Å². The average Bonchev–Trinajstić information content (AvgIpc) is 3.23. The molecule has 7 nitrogen and oxygen atoms in total. The van der Waals surface area contributed by atoms with Crippen LogP contribution in [0.15, 0.2) is 47.8 Å². The lowest BCUT2D eigenvalue weighted by atomic mass is 9.97. The highest BCUT2D eigenvalue weighted by Crippen LogP contribution is 2.27. The molecule has 1 aliphatic rings. The van der Waals surface area contributed by atoms with Gasteiger partial charge in [-0.2, -0.15) is 0 Å². The molecule has 8 heteroatoms. The standard InChI is InChI=1S/C23H24N4O3S/c1-15-6-8-17(9-7-15)24-23(29)26-19-5-3-4-16-12-27(11-10-18(16)19)22(28)20-14-31-21(25-20)13-30-2/h3-9,14H,10-13H2,1-2H3,(H2,24,26,29). The molecule has 0 unspecified atom stereocenters. The number of aryl methyl sites for hydroxylation is 1. The Morgan fingerprint density at radius 2 is 1.97 bits per heavy atom. The summed E-state index contributed by atoms with van der Waals surface area (Å²) in [6.45, 7) is 3.46. The lowest BCUT2D eigenvalue weighted by molar-refractivity contribution is 0.0729. The number of anilines is 2. The summed E-state index contributed by atoms with van der Waals surface area (Å²) in [4.78, 5) is 31.5. The van der Waals surface area contributed by atoms with Gasteiger partial charge in [0.15, 0.2) is 0 Å². The summed E-state index contributed by atoms with van der Waals surface area (Å²) in [5, 5.41) is 8.37. The number of methoxy groups -OCH3 is 1. The molecule has 0 saturated heterocycles. The van der Waals surface area contributed by atoms with Crippen LogP contribution in [0.25, 0.3) is 0 Å². The van der Waals surface area contributed by atoms with Crippen molar-refractivity contribution in [3.8, 4) is 0 Å². The number of thiazole rings is 1. The van der Waals surface area contributed by atoms with Crippen molar-refractivity contribution in [1.29, 1.82) is 0 Å². The molecule has 4 rings (SSSR count). The van der Waals surface area contributed by atoms with E-state index in [2.05, 4.69) is 15.6 Å². The minimum atomic E-state index is -0.288. The Labute approximate surface area is 185 Å². The van der Waals surface area contributed by atoms with Crippen LogP contribution >= 0.6 is 11.3 Å². The van der Waals surface area contributed by atoms with E-state index in [9.17, 15) is 9.59 Å². The number of nitrogens with zero attached hydrogens (tertiary/aromatic N) is 2. The number of hydrogen-bond acceptors (Lipinski definition) is 5. The maximum absolute atomic E-state index is 12.9. The zero-order valence-electron chi connectivity index (χ0n) is 17.5. The summed E-state index contributed by atoms with van der Waals surface area (Å²) in [5.74, 6) is -0.0836. The Bertz CT molecular complexity index is 1090. The van der Waals surface area contributed by atoms with E-state index in [1.165, 1.54) is 11.3 Å². The highest BCUT2D eigenvalue weighted by Gasteiger charge is 2.25. The van der Waals surface area contributed by atoms with Gasteiger partial charge in [-0.1, -0.05) is 29.8 Å². The molecular formula is C23H24N4O3S. The molecule has 0 spiro atoms. The fourth-order valence-electron chi connectivity index (χ4n) is 3.58. The van der Waals surface area contributed by atoms with Gasteiger partial charge in [0, 0.05) is 37.0 Å². The molecule has 160 valence electrons. The monoisotopic (exact) mass is 436 g/mol. The van der Waals surface area contributed by atoms with Crippen LogP contribution in [0.4, 0.5) is 16.2 Å². The molecule has 0 fully saturated rings. The maximum Gasteiger partial charge on any atom is 0.323 e. The van der Waals surface area contributed by atoms with E-state index in [1.54, 1.807) is 17.4 Å². The summed E-state index contributed by atoms with van der Waals surface area (Å²) in [6.07, 6.45) is 0.664. The van der Waals surface area contributed by atoms with Crippen molar-refractivity contribution in [2.45, 2.75) is 26.5 Å². The summed E-state index contributed by atoms with van der Waals surface area (Å²) >= 11 is 1.42. The number of rotatable bonds is 5. The van der Waals surface area contributed by atoms with E-state index in [0.717, 1.165) is 33.1 Å². The molecule has 0 bridgehead atoms. The van der Waals surface area contributed by atoms with Gasteiger partial charge in [-0.3, -0.25) is 4.79 Å². The first-order chi connectivity index (χ1) is 15.0. The number of fused-ring (bicyclic) bond motifs is 1. The largest absolute Gasteiger partial charge is 0.378 e. The normalized spacial score (nSPS) is 12.9. The van der Waals surface area contributed by atoms with Crippen molar-refractivity contribution in [3.63, 3.8) is 0 Å². The minimum absolute atomic E-state index is 0.0836. The zero-order chi connectivity index (χ0) is 21.8. The van der Waals surface area contributed by atoms with Gasteiger partial charge in [0.1, 0.15) is 10.7 Å². The number of hydrogen-bond donors (Lipinski definition) is 2.